The van der Waals surface area contributed by atoms with Crippen LogP contribution in [0.5, 0.6) is 0 Å². The number of amides is 1. The van der Waals surface area contributed by atoms with E-state index < -0.39 is 12.0 Å². The lowest BCUT2D eigenvalue weighted by atomic mass is 10.2. The van der Waals surface area contributed by atoms with Crippen molar-refractivity contribution in [2.24, 2.45) is 0 Å². The molecule has 0 spiro atoms. The number of carboxylic acid groups (broad SMARTS) is 1. The fourth-order valence-corrected chi connectivity index (χ4v) is 2.77. The summed E-state index contributed by atoms with van der Waals surface area (Å²) in [5.41, 5.74) is 0. The van der Waals surface area contributed by atoms with E-state index in [0.29, 0.717) is 25.3 Å². The van der Waals surface area contributed by atoms with Gasteiger partial charge in [-0.2, -0.15) is 11.8 Å². The molecule has 0 radical (unpaired) electrons. The van der Waals surface area contributed by atoms with Crippen LogP contribution in [0, 0.1) is 0 Å². The zero-order valence-electron chi connectivity index (χ0n) is 9.44. The van der Waals surface area contributed by atoms with Crippen molar-refractivity contribution < 1.29 is 14.7 Å². The molecule has 92 valence electrons. The van der Waals surface area contributed by atoms with Crippen LogP contribution in [-0.4, -0.2) is 59.1 Å². The summed E-state index contributed by atoms with van der Waals surface area (Å²) in [6, 6.07) is -0.437. The summed E-state index contributed by atoms with van der Waals surface area (Å²) in [6.07, 6.45) is 0.377. The molecule has 1 aliphatic heterocycles. The van der Waals surface area contributed by atoms with Crippen LogP contribution in [0.25, 0.3) is 0 Å². The molecule has 1 amide bonds. The molecule has 1 atom stereocenters. The molecule has 1 heterocycles. The summed E-state index contributed by atoms with van der Waals surface area (Å²) in [7, 11) is 0. The lowest BCUT2D eigenvalue weighted by Gasteiger charge is -2.32. The van der Waals surface area contributed by atoms with Gasteiger partial charge in [0, 0.05) is 37.6 Å². The molecule has 0 aromatic rings. The minimum absolute atomic E-state index is 0.00938. The van der Waals surface area contributed by atoms with Crippen LogP contribution in [-0.2, 0) is 9.59 Å². The Labute approximate surface area is 99.6 Å². The Bertz CT molecular complexity index is 260. The highest BCUT2D eigenvalue weighted by atomic mass is 32.2. The van der Waals surface area contributed by atoms with Crippen LogP contribution in [0.1, 0.15) is 13.3 Å². The van der Waals surface area contributed by atoms with Crippen molar-refractivity contribution in [3.05, 3.63) is 0 Å². The molecular formula is C10H18N2O3S. The Morgan fingerprint density at radius 1 is 1.56 bits per heavy atom. The Balaban J connectivity index is 2.38. The molecule has 0 bridgehead atoms. The first-order valence-electron chi connectivity index (χ1n) is 5.46. The highest BCUT2D eigenvalue weighted by Crippen LogP contribution is 2.16. The number of aliphatic carboxylic acids is 1. The zero-order chi connectivity index (χ0) is 12.0. The van der Waals surface area contributed by atoms with E-state index in [1.807, 2.05) is 11.8 Å². The van der Waals surface area contributed by atoms with Crippen molar-refractivity contribution in [1.29, 1.82) is 0 Å². The summed E-state index contributed by atoms with van der Waals surface area (Å²) in [6.45, 7) is 3.77. The molecule has 1 saturated heterocycles. The number of thioether (sulfide) groups is 1. The topological polar surface area (TPSA) is 69.6 Å². The predicted molar refractivity (Wildman–Crippen MR) is 63.6 cm³/mol. The van der Waals surface area contributed by atoms with Crippen molar-refractivity contribution in [3.8, 4) is 0 Å². The van der Waals surface area contributed by atoms with Crippen LogP contribution >= 0.6 is 11.8 Å². The maximum atomic E-state index is 11.3. The summed E-state index contributed by atoms with van der Waals surface area (Å²) in [5.74, 6) is 0.761. The Morgan fingerprint density at radius 2 is 2.31 bits per heavy atom. The lowest BCUT2D eigenvalue weighted by Crippen LogP contribution is -2.48. The molecule has 0 aliphatic carbocycles. The van der Waals surface area contributed by atoms with E-state index in [-0.39, 0.29) is 5.91 Å². The van der Waals surface area contributed by atoms with Gasteiger partial charge >= 0.3 is 5.97 Å². The molecular weight excluding hydrogens is 228 g/mol. The second kappa shape index (κ2) is 6.75. The molecule has 2 N–H and O–H groups in total. The fourth-order valence-electron chi connectivity index (χ4n) is 1.66. The smallest absolute Gasteiger partial charge is 0.321 e. The van der Waals surface area contributed by atoms with Crippen molar-refractivity contribution in [3.63, 3.8) is 0 Å². The number of nitrogens with one attached hydrogen (secondary N) is 1. The second-order valence-electron chi connectivity index (χ2n) is 3.67. The Morgan fingerprint density at radius 3 is 2.94 bits per heavy atom. The van der Waals surface area contributed by atoms with Crippen molar-refractivity contribution in [2.45, 2.75) is 19.4 Å². The van der Waals surface area contributed by atoms with Gasteiger partial charge in [0.1, 0.15) is 6.04 Å². The third-order valence-corrected chi connectivity index (χ3v) is 3.55. The van der Waals surface area contributed by atoms with E-state index in [0.717, 1.165) is 12.3 Å². The monoisotopic (exact) mass is 246 g/mol. The minimum Gasteiger partial charge on any atom is -0.480 e. The minimum atomic E-state index is -0.789. The van der Waals surface area contributed by atoms with E-state index in [2.05, 4.69) is 5.32 Å². The summed E-state index contributed by atoms with van der Waals surface area (Å²) in [5, 5.41) is 11.7. The quantitative estimate of drug-likeness (QED) is 0.715. The van der Waals surface area contributed by atoms with Crippen LogP contribution in [0.2, 0.25) is 0 Å². The van der Waals surface area contributed by atoms with Gasteiger partial charge in [-0.25, -0.2) is 0 Å². The van der Waals surface area contributed by atoms with Gasteiger partial charge in [0.15, 0.2) is 0 Å². The summed E-state index contributed by atoms with van der Waals surface area (Å²) in [4.78, 5) is 24.1. The first-order chi connectivity index (χ1) is 7.65. The van der Waals surface area contributed by atoms with E-state index in [4.69, 9.17) is 5.11 Å². The van der Waals surface area contributed by atoms with E-state index >= 15 is 0 Å². The molecule has 16 heavy (non-hydrogen) atoms. The number of rotatable bonds is 5. The third-order valence-electron chi connectivity index (χ3n) is 2.52. The van der Waals surface area contributed by atoms with Gasteiger partial charge in [0.05, 0.1) is 0 Å². The van der Waals surface area contributed by atoms with Crippen LogP contribution in [0.3, 0.4) is 0 Å². The average molecular weight is 246 g/mol. The second-order valence-corrected chi connectivity index (χ2v) is 4.82. The van der Waals surface area contributed by atoms with Crippen molar-refractivity contribution in [1.82, 2.24) is 10.2 Å². The van der Waals surface area contributed by atoms with Crippen molar-refractivity contribution >= 4 is 23.6 Å². The van der Waals surface area contributed by atoms with Crippen molar-refractivity contribution in [2.75, 3.05) is 31.1 Å². The molecule has 0 saturated carbocycles. The first-order valence-corrected chi connectivity index (χ1v) is 6.62. The first kappa shape index (κ1) is 13.3. The fraction of sp³-hybridized carbons (Fsp3) is 0.800. The van der Waals surface area contributed by atoms with Gasteiger partial charge in [0.25, 0.3) is 0 Å². The normalized spacial score (nSPS) is 21.7. The standard InChI is InChI=1S/C10H18N2O3S/c1-2-11-9(13)3-4-12-5-6-16-7-8(12)10(14)15/h8H,2-7H2,1H3,(H,11,13)(H,14,15). The predicted octanol–water partition coefficient (Wildman–Crippen LogP) is 0.0146. The van der Waals surface area contributed by atoms with E-state index in [1.54, 1.807) is 11.8 Å². The molecule has 0 aromatic carbocycles. The SMILES string of the molecule is CCNC(=O)CCN1CCSCC1C(=O)O. The molecule has 0 aromatic heterocycles. The van der Waals surface area contributed by atoms with E-state index in [9.17, 15) is 9.59 Å². The third kappa shape index (κ3) is 4.02. The zero-order valence-corrected chi connectivity index (χ0v) is 10.3. The summed E-state index contributed by atoms with van der Waals surface area (Å²) < 4.78 is 0. The number of hydrogen-bond acceptors (Lipinski definition) is 4. The van der Waals surface area contributed by atoms with Gasteiger partial charge in [-0.15, -0.1) is 0 Å². The Hall–Kier alpha value is -0.750. The molecule has 1 fully saturated rings. The van der Waals surface area contributed by atoms with Crippen LogP contribution in [0.4, 0.5) is 0 Å². The maximum absolute atomic E-state index is 11.3. The summed E-state index contributed by atoms with van der Waals surface area (Å²) >= 11 is 1.66. The van der Waals surface area contributed by atoms with Gasteiger partial charge in [-0.1, -0.05) is 0 Å². The highest BCUT2D eigenvalue weighted by Gasteiger charge is 2.28. The number of hydrogen-bond donors (Lipinski definition) is 2. The highest BCUT2D eigenvalue weighted by molar-refractivity contribution is 7.99. The maximum Gasteiger partial charge on any atom is 0.321 e. The van der Waals surface area contributed by atoms with Gasteiger partial charge in [-0.05, 0) is 6.92 Å². The van der Waals surface area contributed by atoms with Gasteiger partial charge in [-0.3, -0.25) is 14.5 Å². The molecule has 5 nitrogen and oxygen atoms in total. The number of carboxylic acids is 1. The number of carbonyl (C=O) groups is 2. The van der Waals surface area contributed by atoms with E-state index in [1.165, 1.54) is 0 Å². The van der Waals surface area contributed by atoms with Gasteiger partial charge < -0.3 is 10.4 Å². The Kier molecular flexibility index (Phi) is 5.62. The van der Waals surface area contributed by atoms with Crippen LogP contribution in [0.15, 0.2) is 0 Å². The largest absolute Gasteiger partial charge is 0.480 e. The lowest BCUT2D eigenvalue weighted by molar-refractivity contribution is -0.142. The molecule has 1 unspecified atom stereocenters. The molecule has 6 heteroatoms. The number of carbonyl (C=O) groups excluding carboxylic acids is 1. The molecule has 1 aliphatic rings. The number of nitrogens with zero attached hydrogens (tertiary/aromatic N) is 1. The molecule has 1 rings (SSSR count). The van der Waals surface area contributed by atoms with Gasteiger partial charge in [0.2, 0.25) is 5.91 Å². The average Bonchev–Trinajstić information content (AvgIpc) is 2.27. The van der Waals surface area contributed by atoms with Crippen LogP contribution < -0.4 is 5.32 Å².